The molecular weight excluding hydrogens is 216 g/mol. The maximum atomic E-state index is 5.93. The van der Waals surface area contributed by atoms with Crippen molar-refractivity contribution >= 4 is 15.9 Å². The van der Waals surface area contributed by atoms with Crippen LogP contribution >= 0.6 is 15.9 Å². The molecule has 1 saturated heterocycles. The average Bonchev–Trinajstić information content (AvgIpc) is 2.41. The summed E-state index contributed by atoms with van der Waals surface area (Å²) in [6, 6.07) is 0. The molecule has 0 bridgehead atoms. The molecule has 0 unspecified atom stereocenters. The molecule has 0 aromatic carbocycles. The third-order valence-corrected chi connectivity index (χ3v) is 4.55. The summed E-state index contributed by atoms with van der Waals surface area (Å²) in [5.74, 6) is 0. The van der Waals surface area contributed by atoms with Gasteiger partial charge in [0.05, 0.1) is 12.2 Å². The van der Waals surface area contributed by atoms with Gasteiger partial charge >= 0.3 is 0 Å². The zero-order chi connectivity index (χ0) is 8.60. The number of hydrogen-bond acceptors (Lipinski definition) is 1. The Bertz CT molecular complexity index is 171. The van der Waals surface area contributed by atoms with Gasteiger partial charge in [-0.3, -0.25) is 0 Å². The molecule has 1 saturated carbocycles. The van der Waals surface area contributed by atoms with Crippen molar-refractivity contribution in [3.05, 3.63) is 0 Å². The van der Waals surface area contributed by atoms with E-state index >= 15 is 0 Å². The minimum absolute atomic E-state index is 0.491. The third-order valence-electron chi connectivity index (χ3n) is 3.43. The summed E-state index contributed by atoms with van der Waals surface area (Å²) in [5.41, 5.74) is 0.498. The van der Waals surface area contributed by atoms with Crippen LogP contribution in [-0.4, -0.2) is 17.5 Å². The first kappa shape index (κ1) is 9.01. The van der Waals surface area contributed by atoms with E-state index in [1.807, 2.05) is 0 Å². The summed E-state index contributed by atoms with van der Waals surface area (Å²) < 4.78 is 5.93. The fourth-order valence-electron chi connectivity index (χ4n) is 2.83. The summed E-state index contributed by atoms with van der Waals surface area (Å²) in [5, 5.41) is 1.13. The summed E-state index contributed by atoms with van der Waals surface area (Å²) in [6.45, 7) is 2.21. The number of rotatable bonds is 1. The van der Waals surface area contributed by atoms with Crippen LogP contribution in [-0.2, 0) is 4.74 Å². The minimum atomic E-state index is 0.491. The molecule has 1 nitrogen and oxygen atoms in total. The largest absolute Gasteiger partial charge is 0.375 e. The molecule has 2 aliphatic rings. The molecule has 0 amide bonds. The van der Waals surface area contributed by atoms with Gasteiger partial charge in [-0.05, 0) is 26.2 Å². The fourth-order valence-corrected chi connectivity index (χ4v) is 3.70. The summed E-state index contributed by atoms with van der Waals surface area (Å²) in [4.78, 5) is 0. The van der Waals surface area contributed by atoms with E-state index in [1.54, 1.807) is 0 Å². The van der Waals surface area contributed by atoms with Crippen LogP contribution in [0, 0.1) is 5.41 Å². The second kappa shape index (κ2) is 3.30. The zero-order valence-corrected chi connectivity index (χ0v) is 9.27. The van der Waals surface area contributed by atoms with Crippen LogP contribution in [0.1, 0.15) is 39.0 Å². The Morgan fingerprint density at radius 1 is 1.50 bits per heavy atom. The Morgan fingerprint density at radius 3 is 3.00 bits per heavy atom. The average molecular weight is 233 g/mol. The Labute approximate surface area is 83.0 Å². The second-order valence-electron chi connectivity index (χ2n) is 4.38. The molecule has 2 rings (SSSR count). The van der Waals surface area contributed by atoms with E-state index in [9.17, 15) is 0 Å². The van der Waals surface area contributed by atoms with Crippen molar-refractivity contribution in [2.75, 3.05) is 5.33 Å². The van der Waals surface area contributed by atoms with Crippen molar-refractivity contribution in [1.82, 2.24) is 0 Å². The van der Waals surface area contributed by atoms with E-state index in [4.69, 9.17) is 4.74 Å². The van der Waals surface area contributed by atoms with Gasteiger partial charge in [-0.25, -0.2) is 0 Å². The van der Waals surface area contributed by atoms with E-state index in [1.165, 1.54) is 32.1 Å². The van der Waals surface area contributed by atoms with Crippen molar-refractivity contribution in [1.29, 1.82) is 0 Å². The van der Waals surface area contributed by atoms with Gasteiger partial charge in [0.25, 0.3) is 0 Å². The van der Waals surface area contributed by atoms with E-state index in [0.29, 0.717) is 17.6 Å². The first-order valence-corrected chi connectivity index (χ1v) is 6.10. The van der Waals surface area contributed by atoms with Crippen LogP contribution in [0.2, 0.25) is 0 Å². The monoisotopic (exact) mass is 232 g/mol. The van der Waals surface area contributed by atoms with E-state index < -0.39 is 0 Å². The lowest BCUT2D eigenvalue weighted by atomic mass is 9.72. The molecule has 2 fully saturated rings. The number of fused-ring (bicyclic) bond motifs is 1. The maximum absolute atomic E-state index is 5.93. The lowest BCUT2D eigenvalue weighted by Gasteiger charge is -2.36. The third kappa shape index (κ3) is 1.33. The van der Waals surface area contributed by atoms with Gasteiger partial charge in [0, 0.05) is 10.7 Å². The smallest absolute Gasteiger partial charge is 0.0643 e. The van der Waals surface area contributed by atoms with E-state index in [0.717, 1.165) is 5.33 Å². The topological polar surface area (TPSA) is 9.23 Å². The first-order valence-electron chi connectivity index (χ1n) is 4.98. The predicted octanol–water partition coefficient (Wildman–Crippen LogP) is 3.12. The van der Waals surface area contributed by atoms with Gasteiger partial charge in [0.1, 0.15) is 0 Å². The van der Waals surface area contributed by atoms with Gasteiger partial charge in [-0.1, -0.05) is 28.8 Å². The van der Waals surface area contributed by atoms with Crippen molar-refractivity contribution in [2.45, 2.75) is 51.2 Å². The van der Waals surface area contributed by atoms with Gasteiger partial charge in [-0.15, -0.1) is 0 Å². The molecule has 0 aromatic heterocycles. The molecule has 1 aliphatic carbocycles. The molecule has 1 aliphatic heterocycles. The van der Waals surface area contributed by atoms with Crippen LogP contribution in [0.5, 0.6) is 0 Å². The summed E-state index contributed by atoms with van der Waals surface area (Å²) in [6.07, 6.45) is 7.74. The molecule has 3 atom stereocenters. The minimum Gasteiger partial charge on any atom is -0.375 e. The second-order valence-corrected chi connectivity index (χ2v) is 4.94. The normalized spacial score (nSPS) is 47.5. The quantitative estimate of drug-likeness (QED) is 0.632. The molecule has 0 spiro atoms. The highest BCUT2D eigenvalue weighted by Crippen LogP contribution is 2.48. The number of halogens is 1. The lowest BCUT2D eigenvalue weighted by Crippen LogP contribution is -2.35. The molecule has 0 radical (unpaired) electrons. The SMILES string of the molecule is C[C@@H]1C[C@]2(CBr)CCCC[C@H]2O1. The molecule has 0 aromatic rings. The van der Waals surface area contributed by atoms with Crippen molar-refractivity contribution in [3.63, 3.8) is 0 Å². The lowest BCUT2D eigenvalue weighted by molar-refractivity contribution is 0.00208. The van der Waals surface area contributed by atoms with Gasteiger partial charge in [-0.2, -0.15) is 0 Å². The molecule has 12 heavy (non-hydrogen) atoms. The Morgan fingerprint density at radius 2 is 2.33 bits per heavy atom. The highest BCUT2D eigenvalue weighted by Gasteiger charge is 2.47. The zero-order valence-electron chi connectivity index (χ0n) is 7.68. The Balaban J connectivity index is 2.14. The molecular formula is C10H17BrO. The van der Waals surface area contributed by atoms with Crippen molar-refractivity contribution < 1.29 is 4.74 Å². The standard InChI is InChI=1S/C10H17BrO/c1-8-6-10(7-11)5-3-2-4-9(10)12-8/h8-9H,2-7H2,1H3/t8-,9-,10+/m1/s1. The van der Waals surface area contributed by atoms with Crippen LogP contribution < -0.4 is 0 Å². The van der Waals surface area contributed by atoms with Crippen LogP contribution in [0.4, 0.5) is 0 Å². The predicted molar refractivity (Wildman–Crippen MR) is 53.6 cm³/mol. The summed E-state index contributed by atoms with van der Waals surface area (Å²) >= 11 is 3.66. The molecule has 1 heterocycles. The fraction of sp³-hybridized carbons (Fsp3) is 1.00. The highest BCUT2D eigenvalue weighted by molar-refractivity contribution is 9.09. The van der Waals surface area contributed by atoms with Crippen molar-refractivity contribution in [3.8, 4) is 0 Å². The molecule has 70 valence electrons. The summed E-state index contributed by atoms with van der Waals surface area (Å²) in [7, 11) is 0. The van der Waals surface area contributed by atoms with Crippen LogP contribution in [0.3, 0.4) is 0 Å². The highest BCUT2D eigenvalue weighted by atomic mass is 79.9. The molecule has 2 heteroatoms. The van der Waals surface area contributed by atoms with Crippen molar-refractivity contribution in [2.24, 2.45) is 5.41 Å². The van der Waals surface area contributed by atoms with E-state index in [2.05, 4.69) is 22.9 Å². The van der Waals surface area contributed by atoms with Crippen LogP contribution in [0.15, 0.2) is 0 Å². The Hall–Kier alpha value is 0.440. The van der Waals surface area contributed by atoms with Gasteiger partial charge in [0.2, 0.25) is 0 Å². The number of hydrogen-bond donors (Lipinski definition) is 0. The first-order chi connectivity index (χ1) is 5.77. The maximum Gasteiger partial charge on any atom is 0.0643 e. The van der Waals surface area contributed by atoms with Gasteiger partial charge < -0.3 is 4.74 Å². The van der Waals surface area contributed by atoms with Gasteiger partial charge in [0.15, 0.2) is 0 Å². The number of ether oxygens (including phenoxy) is 1. The van der Waals surface area contributed by atoms with Crippen LogP contribution in [0.25, 0.3) is 0 Å². The number of alkyl halides is 1. The molecule has 0 N–H and O–H groups in total. The Kier molecular flexibility index (Phi) is 2.48. The van der Waals surface area contributed by atoms with E-state index in [-0.39, 0.29) is 0 Å².